The van der Waals surface area contributed by atoms with Gasteiger partial charge in [0, 0.05) is 41.7 Å². The highest BCUT2D eigenvalue weighted by atomic mass is 35.5. The molecule has 1 aliphatic rings. The molecule has 5 nitrogen and oxygen atoms in total. The number of furan rings is 1. The summed E-state index contributed by atoms with van der Waals surface area (Å²) in [6.45, 7) is 2.12. The third-order valence-electron chi connectivity index (χ3n) is 5.03. The van der Waals surface area contributed by atoms with E-state index in [9.17, 15) is 4.79 Å². The molecule has 1 unspecified atom stereocenters. The Morgan fingerprint density at radius 1 is 1.32 bits per heavy atom. The molecule has 0 aliphatic carbocycles. The van der Waals surface area contributed by atoms with Crippen molar-refractivity contribution in [1.29, 1.82) is 0 Å². The van der Waals surface area contributed by atoms with E-state index in [2.05, 4.69) is 5.32 Å². The smallest absolute Gasteiger partial charge is 0.227 e. The Hall–Kier alpha value is -2.21. The lowest BCUT2D eigenvalue weighted by molar-refractivity contribution is -0.133. The molecule has 2 heterocycles. The van der Waals surface area contributed by atoms with Crippen LogP contribution in [0.3, 0.4) is 0 Å². The van der Waals surface area contributed by atoms with Gasteiger partial charge < -0.3 is 19.4 Å². The maximum Gasteiger partial charge on any atom is 0.227 e. The minimum absolute atomic E-state index is 0. The molecule has 148 valence electrons. The molecular formula is C21H22Cl2N2O3. The van der Waals surface area contributed by atoms with Crippen LogP contribution in [0, 0.1) is 0 Å². The van der Waals surface area contributed by atoms with E-state index in [1.165, 1.54) is 0 Å². The zero-order valence-electron chi connectivity index (χ0n) is 15.5. The Morgan fingerprint density at radius 2 is 2.14 bits per heavy atom. The molecule has 0 saturated carbocycles. The van der Waals surface area contributed by atoms with Crippen LogP contribution in [0.4, 0.5) is 0 Å². The Morgan fingerprint density at radius 3 is 2.93 bits per heavy atom. The minimum Gasteiger partial charge on any atom is -0.497 e. The highest BCUT2D eigenvalue weighted by Gasteiger charge is 2.29. The van der Waals surface area contributed by atoms with Gasteiger partial charge in [-0.3, -0.25) is 4.79 Å². The number of hydrogen-bond acceptors (Lipinski definition) is 4. The van der Waals surface area contributed by atoms with Crippen LogP contribution in [0.1, 0.15) is 17.2 Å². The molecule has 3 aromatic rings. The van der Waals surface area contributed by atoms with Gasteiger partial charge in [0.25, 0.3) is 0 Å². The Labute approximate surface area is 175 Å². The first-order valence-corrected chi connectivity index (χ1v) is 9.34. The van der Waals surface area contributed by atoms with Crippen LogP contribution in [0.15, 0.2) is 53.1 Å². The molecule has 1 N–H and O–H groups in total. The largest absolute Gasteiger partial charge is 0.497 e. The van der Waals surface area contributed by atoms with E-state index >= 15 is 0 Å². The number of piperazine rings is 1. The standard InChI is InChI=1S/C21H21ClN2O3.ClH/c1-26-15-6-7-16-14(13-27-20(16)11-15)10-21(25)24-9-8-23-12-19(24)17-4-2-3-5-18(17)22;/h2-7,11,13,19,23H,8-10,12H2,1H3;1H. The van der Waals surface area contributed by atoms with E-state index in [1.807, 2.05) is 47.4 Å². The molecule has 2 aromatic carbocycles. The molecule has 1 atom stereocenters. The number of halogens is 2. The zero-order chi connectivity index (χ0) is 18.8. The summed E-state index contributed by atoms with van der Waals surface area (Å²) in [5.74, 6) is 0.801. The van der Waals surface area contributed by atoms with Gasteiger partial charge in [-0.25, -0.2) is 0 Å². The topological polar surface area (TPSA) is 54.7 Å². The van der Waals surface area contributed by atoms with Crippen LogP contribution < -0.4 is 10.1 Å². The molecular weight excluding hydrogens is 399 g/mol. The van der Waals surface area contributed by atoms with E-state index in [-0.39, 0.29) is 24.4 Å². The number of nitrogens with one attached hydrogen (secondary N) is 1. The van der Waals surface area contributed by atoms with Gasteiger partial charge >= 0.3 is 0 Å². The lowest BCUT2D eigenvalue weighted by Gasteiger charge is -2.37. The summed E-state index contributed by atoms with van der Waals surface area (Å²) in [5.41, 5.74) is 2.58. The number of carbonyl (C=O) groups excluding carboxylic acids is 1. The van der Waals surface area contributed by atoms with Gasteiger partial charge in [0.15, 0.2) is 0 Å². The van der Waals surface area contributed by atoms with Gasteiger partial charge in [0.2, 0.25) is 5.91 Å². The Bertz CT molecular complexity index is 973. The van der Waals surface area contributed by atoms with E-state index in [0.29, 0.717) is 24.5 Å². The van der Waals surface area contributed by atoms with Crippen LogP contribution in [0.5, 0.6) is 5.75 Å². The number of rotatable bonds is 4. The third-order valence-corrected chi connectivity index (χ3v) is 5.38. The van der Waals surface area contributed by atoms with Gasteiger partial charge in [0.1, 0.15) is 11.3 Å². The maximum absolute atomic E-state index is 13.1. The van der Waals surface area contributed by atoms with Gasteiger partial charge in [-0.05, 0) is 23.8 Å². The number of hydrogen-bond donors (Lipinski definition) is 1. The normalized spacial score (nSPS) is 16.6. The van der Waals surface area contributed by atoms with Crippen molar-refractivity contribution in [2.75, 3.05) is 26.7 Å². The summed E-state index contributed by atoms with van der Waals surface area (Å²) in [4.78, 5) is 15.0. The van der Waals surface area contributed by atoms with Crippen LogP contribution in [-0.2, 0) is 11.2 Å². The second kappa shape index (κ2) is 8.86. The second-order valence-electron chi connectivity index (χ2n) is 6.63. The van der Waals surface area contributed by atoms with Crippen molar-refractivity contribution in [1.82, 2.24) is 10.2 Å². The fraction of sp³-hybridized carbons (Fsp3) is 0.286. The quantitative estimate of drug-likeness (QED) is 0.685. The molecule has 1 saturated heterocycles. The minimum atomic E-state index is -0.0711. The average Bonchev–Trinajstić information content (AvgIpc) is 3.10. The first kappa shape index (κ1) is 20.5. The van der Waals surface area contributed by atoms with Crippen LogP contribution in [-0.4, -0.2) is 37.6 Å². The van der Waals surface area contributed by atoms with E-state index in [1.54, 1.807) is 13.4 Å². The van der Waals surface area contributed by atoms with Crippen molar-refractivity contribution in [3.63, 3.8) is 0 Å². The van der Waals surface area contributed by atoms with Crippen molar-refractivity contribution in [3.8, 4) is 5.75 Å². The Kier molecular flexibility index (Phi) is 6.50. The lowest BCUT2D eigenvalue weighted by atomic mass is 10.0. The van der Waals surface area contributed by atoms with E-state index < -0.39 is 0 Å². The summed E-state index contributed by atoms with van der Waals surface area (Å²) < 4.78 is 10.9. The summed E-state index contributed by atoms with van der Waals surface area (Å²) >= 11 is 6.38. The van der Waals surface area contributed by atoms with Crippen molar-refractivity contribution >= 4 is 40.9 Å². The van der Waals surface area contributed by atoms with Crippen molar-refractivity contribution in [2.45, 2.75) is 12.5 Å². The van der Waals surface area contributed by atoms with Crippen molar-refractivity contribution in [2.24, 2.45) is 0 Å². The van der Waals surface area contributed by atoms with Gasteiger partial charge in [-0.1, -0.05) is 29.8 Å². The highest BCUT2D eigenvalue weighted by Crippen LogP contribution is 2.30. The van der Waals surface area contributed by atoms with Crippen LogP contribution in [0.2, 0.25) is 5.02 Å². The van der Waals surface area contributed by atoms with Crippen LogP contribution in [0.25, 0.3) is 11.0 Å². The monoisotopic (exact) mass is 420 g/mol. The number of ether oxygens (including phenoxy) is 1. The summed E-state index contributed by atoms with van der Waals surface area (Å²) in [6, 6.07) is 13.3. The van der Waals surface area contributed by atoms with Crippen molar-refractivity contribution < 1.29 is 13.9 Å². The van der Waals surface area contributed by atoms with E-state index in [0.717, 1.165) is 34.4 Å². The fourth-order valence-corrected chi connectivity index (χ4v) is 3.88. The number of methoxy groups -OCH3 is 1. The maximum atomic E-state index is 13.1. The average molecular weight is 421 g/mol. The van der Waals surface area contributed by atoms with Gasteiger partial charge in [0.05, 0.1) is 25.8 Å². The number of nitrogens with zero attached hydrogens (tertiary/aromatic N) is 1. The summed E-state index contributed by atoms with van der Waals surface area (Å²) in [5, 5.41) is 4.99. The third kappa shape index (κ3) is 3.97. The molecule has 1 amide bonds. The Balaban J connectivity index is 0.00000225. The molecule has 4 rings (SSSR count). The molecule has 1 aromatic heterocycles. The number of benzene rings is 2. The van der Waals surface area contributed by atoms with Crippen molar-refractivity contribution in [3.05, 3.63) is 64.9 Å². The first-order chi connectivity index (χ1) is 13.2. The number of fused-ring (bicyclic) bond motifs is 1. The molecule has 0 spiro atoms. The lowest BCUT2D eigenvalue weighted by Crippen LogP contribution is -2.49. The first-order valence-electron chi connectivity index (χ1n) is 8.96. The molecule has 0 bridgehead atoms. The van der Waals surface area contributed by atoms with Gasteiger partial charge in [-0.2, -0.15) is 0 Å². The van der Waals surface area contributed by atoms with E-state index in [4.69, 9.17) is 20.8 Å². The summed E-state index contributed by atoms with van der Waals surface area (Å²) in [7, 11) is 1.62. The fourth-order valence-electron chi connectivity index (χ4n) is 3.62. The summed E-state index contributed by atoms with van der Waals surface area (Å²) in [6.07, 6.45) is 1.95. The highest BCUT2D eigenvalue weighted by molar-refractivity contribution is 6.31. The second-order valence-corrected chi connectivity index (χ2v) is 7.04. The molecule has 7 heteroatoms. The molecule has 0 radical (unpaired) electrons. The number of amides is 1. The van der Waals surface area contributed by atoms with Crippen LogP contribution >= 0.6 is 24.0 Å². The SMILES string of the molecule is COc1ccc2c(CC(=O)N3CCNCC3c3ccccc3Cl)coc2c1.Cl. The molecule has 28 heavy (non-hydrogen) atoms. The zero-order valence-corrected chi connectivity index (χ0v) is 17.1. The molecule has 1 fully saturated rings. The van der Waals surface area contributed by atoms with Gasteiger partial charge in [-0.15, -0.1) is 12.4 Å². The number of carbonyl (C=O) groups is 1. The predicted octanol–water partition coefficient (Wildman–Crippen LogP) is 4.23. The molecule has 1 aliphatic heterocycles. The predicted molar refractivity (Wildman–Crippen MR) is 112 cm³/mol.